The predicted molar refractivity (Wildman–Crippen MR) is 105 cm³/mol. The lowest BCUT2D eigenvalue weighted by Gasteiger charge is -2.09. The molecular weight excluding hydrogens is 443 g/mol. The minimum atomic E-state index is -3.00. The minimum absolute atomic E-state index is 0. The molecule has 2 aromatic rings. The van der Waals surface area contributed by atoms with Gasteiger partial charge in [0.2, 0.25) is 5.89 Å². The lowest BCUT2D eigenvalue weighted by atomic mass is 10.2. The summed E-state index contributed by atoms with van der Waals surface area (Å²) >= 11 is 0. The Bertz CT molecular complexity index is 760. The summed E-state index contributed by atoms with van der Waals surface area (Å²) in [5.41, 5.74) is 1.64. The number of hydrogen-bond donors (Lipinski definition) is 2. The summed E-state index contributed by atoms with van der Waals surface area (Å²) < 4.78 is 27.6. The van der Waals surface area contributed by atoms with Crippen LogP contribution in [-0.2, 0) is 16.4 Å². The van der Waals surface area contributed by atoms with Gasteiger partial charge in [0.1, 0.15) is 16.1 Å². The van der Waals surface area contributed by atoms with Gasteiger partial charge in [-0.25, -0.2) is 13.4 Å². The van der Waals surface area contributed by atoms with E-state index in [0.29, 0.717) is 24.9 Å². The van der Waals surface area contributed by atoms with Crippen LogP contribution in [0.4, 0.5) is 0 Å². The Morgan fingerprint density at radius 1 is 1.25 bits per heavy atom. The van der Waals surface area contributed by atoms with Crippen molar-refractivity contribution in [2.45, 2.75) is 6.54 Å². The Hall–Kier alpha value is -1.62. The molecule has 24 heavy (non-hydrogen) atoms. The smallest absolute Gasteiger partial charge is 0.226 e. The summed E-state index contributed by atoms with van der Waals surface area (Å²) in [6.07, 6.45) is 2.78. The molecule has 0 aliphatic carbocycles. The van der Waals surface area contributed by atoms with Crippen molar-refractivity contribution in [2.24, 2.45) is 4.99 Å². The molecule has 0 amide bonds. The molecule has 0 aliphatic rings. The largest absolute Gasteiger partial charge is 0.444 e. The van der Waals surface area contributed by atoms with Gasteiger partial charge in [0, 0.05) is 25.4 Å². The lowest BCUT2D eigenvalue weighted by molar-refractivity contribution is 0.572. The van der Waals surface area contributed by atoms with E-state index in [1.807, 2.05) is 30.3 Å². The fourth-order valence-corrected chi connectivity index (χ4v) is 2.32. The molecule has 0 unspecified atom stereocenters. The fraction of sp³-hybridized carbons (Fsp3) is 0.333. The molecule has 0 saturated carbocycles. The molecule has 1 aromatic carbocycles. The van der Waals surface area contributed by atoms with Gasteiger partial charge in [-0.3, -0.25) is 4.99 Å². The average Bonchev–Trinajstić information content (AvgIpc) is 2.99. The molecule has 0 aliphatic heterocycles. The Morgan fingerprint density at radius 2 is 1.96 bits per heavy atom. The van der Waals surface area contributed by atoms with E-state index in [4.69, 9.17) is 4.42 Å². The van der Waals surface area contributed by atoms with Gasteiger partial charge in [-0.1, -0.05) is 18.2 Å². The monoisotopic (exact) mass is 464 g/mol. The highest BCUT2D eigenvalue weighted by atomic mass is 127. The van der Waals surface area contributed by atoms with E-state index >= 15 is 0 Å². The van der Waals surface area contributed by atoms with Crippen LogP contribution in [0.25, 0.3) is 11.5 Å². The van der Waals surface area contributed by atoms with Gasteiger partial charge >= 0.3 is 0 Å². The number of oxazole rings is 1. The first-order valence-corrected chi connectivity index (χ1v) is 9.16. The van der Waals surface area contributed by atoms with Gasteiger partial charge < -0.3 is 15.1 Å². The topological polar surface area (TPSA) is 96.6 Å². The Balaban J connectivity index is 0.00000288. The number of benzene rings is 1. The molecule has 2 N–H and O–H groups in total. The van der Waals surface area contributed by atoms with Gasteiger partial charge in [0.05, 0.1) is 18.0 Å². The quantitative estimate of drug-likeness (QED) is 0.384. The van der Waals surface area contributed by atoms with Crippen LogP contribution >= 0.6 is 24.0 Å². The molecule has 1 aromatic heterocycles. The molecule has 0 saturated heterocycles. The summed E-state index contributed by atoms with van der Waals surface area (Å²) in [7, 11) is -1.38. The van der Waals surface area contributed by atoms with Crippen LogP contribution in [-0.4, -0.2) is 45.0 Å². The number of halogens is 1. The van der Waals surface area contributed by atoms with Crippen molar-refractivity contribution >= 4 is 39.8 Å². The molecule has 132 valence electrons. The van der Waals surface area contributed by atoms with E-state index in [1.165, 1.54) is 6.26 Å². The first kappa shape index (κ1) is 20.4. The maximum atomic E-state index is 11.1. The second kappa shape index (κ2) is 9.62. The number of aliphatic imine (C=N–C) groups is 1. The molecule has 0 bridgehead atoms. The number of guanidine groups is 1. The van der Waals surface area contributed by atoms with Gasteiger partial charge in [-0.05, 0) is 12.1 Å². The summed E-state index contributed by atoms with van der Waals surface area (Å²) in [6.45, 7) is 0.724. The lowest BCUT2D eigenvalue weighted by Crippen LogP contribution is -2.39. The number of nitrogens with zero attached hydrogens (tertiary/aromatic N) is 2. The summed E-state index contributed by atoms with van der Waals surface area (Å²) in [5.74, 6) is 1.12. The highest BCUT2D eigenvalue weighted by Gasteiger charge is 2.07. The SMILES string of the molecule is CN=C(NCCS(C)(=O)=O)NCc1coc(-c2ccccc2)n1.I. The zero-order valence-electron chi connectivity index (χ0n) is 13.5. The van der Waals surface area contributed by atoms with E-state index in [-0.39, 0.29) is 29.7 Å². The van der Waals surface area contributed by atoms with Crippen molar-refractivity contribution in [3.63, 3.8) is 0 Å². The third-order valence-corrected chi connectivity index (χ3v) is 3.94. The molecule has 2 rings (SSSR count). The van der Waals surface area contributed by atoms with Gasteiger partial charge in [0.15, 0.2) is 5.96 Å². The van der Waals surface area contributed by atoms with Crippen LogP contribution < -0.4 is 10.6 Å². The van der Waals surface area contributed by atoms with E-state index in [2.05, 4.69) is 20.6 Å². The molecule has 0 fully saturated rings. The van der Waals surface area contributed by atoms with Crippen LogP contribution in [0.1, 0.15) is 5.69 Å². The number of rotatable bonds is 6. The minimum Gasteiger partial charge on any atom is -0.444 e. The standard InChI is InChI=1S/C15H20N4O3S.HI/c1-16-15(17-8-9-23(2,20)21)18-10-13-11-22-14(19-13)12-6-4-3-5-7-12;/h3-7,11H,8-10H2,1-2H3,(H2,16,17,18);1H. The van der Waals surface area contributed by atoms with E-state index in [0.717, 1.165) is 11.3 Å². The van der Waals surface area contributed by atoms with Crippen LogP contribution in [0.5, 0.6) is 0 Å². The van der Waals surface area contributed by atoms with Crippen LogP contribution in [0.15, 0.2) is 46.0 Å². The van der Waals surface area contributed by atoms with Crippen LogP contribution in [0.3, 0.4) is 0 Å². The Kier molecular flexibility index (Phi) is 8.19. The highest BCUT2D eigenvalue weighted by molar-refractivity contribution is 14.0. The molecular formula is C15H21IN4O3S. The average molecular weight is 464 g/mol. The molecule has 0 radical (unpaired) electrons. The number of nitrogens with one attached hydrogen (secondary N) is 2. The predicted octanol–water partition coefficient (Wildman–Crippen LogP) is 1.67. The zero-order chi connectivity index (χ0) is 16.7. The van der Waals surface area contributed by atoms with Crippen molar-refractivity contribution < 1.29 is 12.8 Å². The summed E-state index contributed by atoms with van der Waals surface area (Å²) in [5, 5.41) is 5.99. The summed E-state index contributed by atoms with van der Waals surface area (Å²) in [6, 6.07) is 9.63. The van der Waals surface area contributed by atoms with Crippen molar-refractivity contribution in [1.82, 2.24) is 15.6 Å². The maximum Gasteiger partial charge on any atom is 0.226 e. The van der Waals surface area contributed by atoms with Gasteiger partial charge in [0.25, 0.3) is 0 Å². The van der Waals surface area contributed by atoms with E-state index in [9.17, 15) is 8.42 Å². The molecule has 7 nitrogen and oxygen atoms in total. The van der Waals surface area contributed by atoms with Crippen molar-refractivity contribution in [2.75, 3.05) is 25.6 Å². The Labute approximate surface area is 158 Å². The van der Waals surface area contributed by atoms with Crippen molar-refractivity contribution in [3.05, 3.63) is 42.3 Å². The number of sulfone groups is 1. The summed E-state index contributed by atoms with van der Waals surface area (Å²) in [4.78, 5) is 8.43. The van der Waals surface area contributed by atoms with Gasteiger partial charge in [-0.15, -0.1) is 24.0 Å². The third-order valence-electron chi connectivity index (χ3n) is 3.00. The van der Waals surface area contributed by atoms with Crippen LogP contribution in [0.2, 0.25) is 0 Å². The molecule has 9 heteroatoms. The first-order valence-electron chi connectivity index (χ1n) is 7.10. The normalized spacial score (nSPS) is 11.7. The van der Waals surface area contributed by atoms with Crippen molar-refractivity contribution in [1.29, 1.82) is 0 Å². The van der Waals surface area contributed by atoms with Crippen molar-refractivity contribution in [3.8, 4) is 11.5 Å². The first-order chi connectivity index (χ1) is 11.0. The second-order valence-corrected chi connectivity index (χ2v) is 7.25. The maximum absolute atomic E-state index is 11.1. The number of hydrogen-bond acceptors (Lipinski definition) is 5. The van der Waals surface area contributed by atoms with Crippen LogP contribution in [0, 0.1) is 0 Å². The fourth-order valence-electron chi connectivity index (χ4n) is 1.85. The third kappa shape index (κ3) is 6.87. The van der Waals surface area contributed by atoms with E-state index < -0.39 is 9.84 Å². The second-order valence-electron chi connectivity index (χ2n) is 4.99. The van der Waals surface area contributed by atoms with E-state index in [1.54, 1.807) is 13.3 Å². The Morgan fingerprint density at radius 3 is 2.58 bits per heavy atom. The molecule has 0 atom stereocenters. The van der Waals surface area contributed by atoms with Gasteiger partial charge in [-0.2, -0.15) is 0 Å². The number of aromatic nitrogens is 1. The zero-order valence-corrected chi connectivity index (χ0v) is 16.7. The highest BCUT2D eigenvalue weighted by Crippen LogP contribution is 2.17. The molecule has 0 spiro atoms. The molecule has 1 heterocycles.